The molecule has 3 fully saturated rings. The topological polar surface area (TPSA) is 69.2 Å². The summed E-state index contributed by atoms with van der Waals surface area (Å²) in [5.41, 5.74) is 3.00. The lowest BCUT2D eigenvalue weighted by Crippen LogP contribution is -2.57. The van der Waals surface area contributed by atoms with Crippen molar-refractivity contribution in [2.75, 3.05) is 64.4 Å². The number of benzene rings is 1. The Labute approximate surface area is 229 Å². The molecule has 2 aromatic rings. The van der Waals surface area contributed by atoms with Crippen molar-refractivity contribution < 1.29 is 18.7 Å². The minimum absolute atomic E-state index is 0.131. The van der Waals surface area contributed by atoms with Crippen LogP contribution in [-0.2, 0) is 11.2 Å². The van der Waals surface area contributed by atoms with Crippen molar-refractivity contribution in [1.82, 2.24) is 19.7 Å². The van der Waals surface area contributed by atoms with Gasteiger partial charge in [-0.1, -0.05) is 25.6 Å². The zero-order valence-corrected chi connectivity index (χ0v) is 23.0. The van der Waals surface area contributed by atoms with E-state index in [0.29, 0.717) is 71.8 Å². The molecule has 2 amide bonds. The fourth-order valence-electron chi connectivity index (χ4n) is 6.93. The number of anilines is 1. The highest BCUT2D eigenvalue weighted by atomic mass is 19.1. The van der Waals surface area contributed by atoms with Crippen LogP contribution in [0.25, 0.3) is 11.3 Å². The Morgan fingerprint density at radius 2 is 1.90 bits per heavy atom. The van der Waals surface area contributed by atoms with E-state index in [4.69, 9.17) is 9.72 Å². The Bertz CT molecular complexity index is 1330. The summed E-state index contributed by atoms with van der Waals surface area (Å²) in [6.45, 7) is 12.6. The highest BCUT2D eigenvalue weighted by molar-refractivity contribution is 6.04. The minimum atomic E-state index is -0.327. The van der Waals surface area contributed by atoms with Gasteiger partial charge < -0.3 is 24.3 Å². The molecule has 9 heteroatoms. The van der Waals surface area contributed by atoms with Gasteiger partial charge in [0, 0.05) is 56.9 Å². The molecule has 206 valence electrons. The highest BCUT2D eigenvalue weighted by Crippen LogP contribution is 2.44. The van der Waals surface area contributed by atoms with E-state index in [-0.39, 0.29) is 30.3 Å². The molecule has 0 bridgehead atoms. The van der Waals surface area contributed by atoms with Crippen LogP contribution in [0.15, 0.2) is 30.9 Å². The number of rotatable bonds is 4. The lowest BCUT2D eigenvalue weighted by Gasteiger charge is -2.39. The Balaban J connectivity index is 1.48. The largest absolute Gasteiger partial charge is 0.490 e. The molecule has 39 heavy (non-hydrogen) atoms. The van der Waals surface area contributed by atoms with Gasteiger partial charge in [0.05, 0.1) is 11.7 Å². The van der Waals surface area contributed by atoms with E-state index in [2.05, 4.69) is 23.4 Å². The number of amides is 2. The average Bonchev–Trinajstić information content (AvgIpc) is 3.44. The van der Waals surface area contributed by atoms with Crippen LogP contribution in [0.5, 0.6) is 5.75 Å². The van der Waals surface area contributed by atoms with Gasteiger partial charge in [0.1, 0.15) is 29.6 Å². The van der Waals surface area contributed by atoms with Crippen LogP contribution in [0.1, 0.15) is 28.4 Å². The summed E-state index contributed by atoms with van der Waals surface area (Å²) in [4.78, 5) is 39.8. The molecule has 5 heterocycles. The van der Waals surface area contributed by atoms with E-state index < -0.39 is 0 Å². The first-order chi connectivity index (χ1) is 18.8. The Kier molecular flexibility index (Phi) is 6.57. The first-order valence-corrected chi connectivity index (χ1v) is 13.9. The number of aryl methyl sites for hydroxylation is 1. The fourth-order valence-corrected chi connectivity index (χ4v) is 6.93. The van der Waals surface area contributed by atoms with Crippen LogP contribution in [0.4, 0.5) is 10.2 Å². The number of hydrogen-bond acceptors (Lipinski definition) is 6. The van der Waals surface area contributed by atoms with E-state index >= 15 is 4.39 Å². The van der Waals surface area contributed by atoms with Crippen molar-refractivity contribution in [3.63, 3.8) is 0 Å². The number of piperazine rings is 1. The molecule has 0 spiro atoms. The number of likely N-dealkylation sites (tertiary alicyclic amines) is 1. The number of fused-ring (bicyclic) bond motifs is 3. The van der Waals surface area contributed by atoms with Crippen molar-refractivity contribution in [2.45, 2.75) is 26.3 Å². The van der Waals surface area contributed by atoms with Crippen molar-refractivity contribution in [3.05, 3.63) is 53.4 Å². The number of ether oxygens (including phenoxy) is 1. The van der Waals surface area contributed by atoms with Crippen molar-refractivity contribution in [1.29, 1.82) is 0 Å². The molecule has 0 saturated carbocycles. The predicted octanol–water partition coefficient (Wildman–Crippen LogP) is 2.99. The van der Waals surface area contributed by atoms with E-state index in [9.17, 15) is 9.59 Å². The monoisotopic (exact) mass is 533 g/mol. The SMILES string of the molecule is C=CC(=O)N1CCN2C(=O)c3c(N4CC5CN(C)CC5C4)nc(-c4c(F)cccc4CC)c(C)c3OCC2C1. The summed E-state index contributed by atoms with van der Waals surface area (Å²) >= 11 is 0. The van der Waals surface area contributed by atoms with Crippen LogP contribution in [0, 0.1) is 24.6 Å². The molecule has 3 atom stereocenters. The second kappa shape index (κ2) is 9.93. The minimum Gasteiger partial charge on any atom is -0.490 e. The van der Waals surface area contributed by atoms with Crippen LogP contribution in [0.3, 0.4) is 0 Å². The number of nitrogens with zero attached hydrogens (tertiary/aromatic N) is 5. The third-order valence-corrected chi connectivity index (χ3v) is 8.91. The molecule has 0 aliphatic carbocycles. The van der Waals surface area contributed by atoms with Gasteiger partial charge in [0.15, 0.2) is 0 Å². The molecule has 8 nitrogen and oxygen atoms in total. The number of hydrogen-bond donors (Lipinski definition) is 0. The zero-order chi connectivity index (χ0) is 27.4. The van der Waals surface area contributed by atoms with Crippen LogP contribution >= 0.6 is 0 Å². The fraction of sp³-hybridized carbons (Fsp3) is 0.500. The molecular formula is C30H36FN5O3. The van der Waals surface area contributed by atoms with Crippen molar-refractivity contribution >= 4 is 17.6 Å². The zero-order valence-electron chi connectivity index (χ0n) is 23.0. The van der Waals surface area contributed by atoms with Gasteiger partial charge in [-0.3, -0.25) is 9.59 Å². The number of halogens is 1. The summed E-state index contributed by atoms with van der Waals surface area (Å²) in [5, 5.41) is 0. The number of carbonyl (C=O) groups excluding carboxylic acids is 2. The first kappa shape index (κ1) is 25.8. The maximum atomic E-state index is 15.4. The second-order valence-electron chi connectivity index (χ2n) is 11.3. The molecule has 0 N–H and O–H groups in total. The summed E-state index contributed by atoms with van der Waals surface area (Å²) < 4.78 is 21.8. The number of carbonyl (C=O) groups is 2. The van der Waals surface area contributed by atoms with E-state index in [0.717, 1.165) is 31.7 Å². The smallest absolute Gasteiger partial charge is 0.261 e. The number of aromatic nitrogens is 1. The maximum Gasteiger partial charge on any atom is 0.261 e. The van der Waals surface area contributed by atoms with Crippen molar-refractivity contribution in [3.8, 4) is 17.0 Å². The molecule has 6 rings (SSSR count). The van der Waals surface area contributed by atoms with Crippen LogP contribution < -0.4 is 9.64 Å². The molecular weight excluding hydrogens is 497 g/mol. The van der Waals surface area contributed by atoms with Gasteiger partial charge in [-0.05, 0) is 49.9 Å². The van der Waals surface area contributed by atoms with Crippen LogP contribution in [0.2, 0.25) is 0 Å². The lowest BCUT2D eigenvalue weighted by molar-refractivity contribution is -0.128. The average molecular weight is 534 g/mol. The summed E-state index contributed by atoms with van der Waals surface area (Å²) in [6, 6.07) is 4.83. The van der Waals surface area contributed by atoms with E-state index in [1.165, 1.54) is 12.1 Å². The summed E-state index contributed by atoms with van der Waals surface area (Å²) in [6.07, 6.45) is 1.97. The van der Waals surface area contributed by atoms with Gasteiger partial charge in [-0.15, -0.1) is 0 Å². The molecule has 4 aliphatic rings. The van der Waals surface area contributed by atoms with Gasteiger partial charge in [0.2, 0.25) is 5.91 Å². The van der Waals surface area contributed by atoms with E-state index in [1.807, 2.05) is 24.8 Å². The Morgan fingerprint density at radius 1 is 1.15 bits per heavy atom. The third kappa shape index (κ3) is 4.27. The molecule has 0 radical (unpaired) electrons. The molecule has 1 aromatic carbocycles. The quantitative estimate of drug-likeness (QED) is 0.563. The normalized spacial score (nSPS) is 24.7. The predicted molar refractivity (Wildman–Crippen MR) is 148 cm³/mol. The molecule has 3 unspecified atom stereocenters. The standard InChI is InChI=1S/C30H36FN5O3/c1-5-19-8-7-9-23(31)25(19)27-18(3)28-26(29(32-27)35-14-20-12-33(4)13-21(20)15-35)30(38)36-11-10-34(24(37)6-2)16-22(36)17-39-28/h6-9,20-22H,2,5,10-17H2,1,3-4H3. The first-order valence-electron chi connectivity index (χ1n) is 13.9. The third-order valence-electron chi connectivity index (χ3n) is 8.91. The van der Waals surface area contributed by atoms with Crippen molar-refractivity contribution in [2.24, 2.45) is 11.8 Å². The summed E-state index contributed by atoms with van der Waals surface area (Å²) in [5.74, 6) is 1.46. The Morgan fingerprint density at radius 3 is 2.59 bits per heavy atom. The molecule has 1 aromatic heterocycles. The van der Waals surface area contributed by atoms with Gasteiger partial charge in [-0.25, -0.2) is 9.37 Å². The molecule has 4 aliphatic heterocycles. The molecule has 3 saturated heterocycles. The van der Waals surface area contributed by atoms with Crippen LogP contribution in [-0.4, -0.2) is 97.0 Å². The highest BCUT2D eigenvalue weighted by Gasteiger charge is 2.44. The van der Waals surface area contributed by atoms with E-state index in [1.54, 1.807) is 11.0 Å². The van der Waals surface area contributed by atoms with Gasteiger partial charge in [-0.2, -0.15) is 0 Å². The number of pyridine rings is 1. The summed E-state index contributed by atoms with van der Waals surface area (Å²) in [7, 11) is 2.15. The Hall–Kier alpha value is -3.46. The van der Waals surface area contributed by atoms with Gasteiger partial charge in [0.25, 0.3) is 5.91 Å². The second-order valence-corrected chi connectivity index (χ2v) is 11.3. The maximum absolute atomic E-state index is 15.4. The van der Waals surface area contributed by atoms with Gasteiger partial charge >= 0.3 is 0 Å². The lowest BCUT2D eigenvalue weighted by atomic mass is 9.96.